The molecule has 1 unspecified atom stereocenters. The molecule has 17 heavy (non-hydrogen) atoms. The Morgan fingerprint density at radius 3 is 2.47 bits per heavy atom. The van der Waals surface area contributed by atoms with Crippen molar-refractivity contribution in [2.75, 3.05) is 26.2 Å². The molecule has 0 amide bonds. The van der Waals surface area contributed by atoms with Crippen LogP contribution in [0.4, 0.5) is 0 Å². The van der Waals surface area contributed by atoms with E-state index >= 15 is 0 Å². The highest BCUT2D eigenvalue weighted by atomic mass is 16.6. The van der Waals surface area contributed by atoms with Crippen LogP contribution < -0.4 is 0 Å². The van der Waals surface area contributed by atoms with Crippen molar-refractivity contribution in [3.05, 3.63) is 35.9 Å². The van der Waals surface area contributed by atoms with Crippen molar-refractivity contribution in [3.63, 3.8) is 0 Å². The molecule has 2 saturated heterocycles. The first-order chi connectivity index (χ1) is 8.40. The summed E-state index contributed by atoms with van der Waals surface area (Å²) in [6.07, 6.45) is 4.51. The molecular formula is C15H21NO. The maximum atomic E-state index is 5.29. The van der Waals surface area contributed by atoms with Gasteiger partial charge < -0.3 is 9.64 Å². The molecule has 0 saturated carbocycles. The number of rotatable bonds is 4. The van der Waals surface area contributed by atoms with E-state index in [0.29, 0.717) is 6.10 Å². The zero-order valence-corrected chi connectivity index (χ0v) is 10.3. The van der Waals surface area contributed by atoms with E-state index in [1.54, 1.807) is 0 Å². The lowest BCUT2D eigenvalue weighted by Gasteiger charge is -2.31. The average Bonchev–Trinajstić information content (AvgIpc) is 3.17. The molecule has 0 radical (unpaired) electrons. The lowest BCUT2D eigenvalue weighted by Crippen LogP contribution is -2.36. The number of nitrogens with zero attached hydrogens (tertiary/aromatic N) is 1. The van der Waals surface area contributed by atoms with Crippen molar-refractivity contribution in [1.29, 1.82) is 0 Å². The van der Waals surface area contributed by atoms with Gasteiger partial charge in [0.15, 0.2) is 0 Å². The van der Waals surface area contributed by atoms with Gasteiger partial charge in [0.1, 0.15) is 0 Å². The minimum Gasteiger partial charge on any atom is -0.372 e. The Hall–Kier alpha value is -0.860. The maximum Gasteiger partial charge on any atom is 0.0936 e. The minimum atomic E-state index is 0.556. The van der Waals surface area contributed by atoms with Crippen LogP contribution >= 0.6 is 0 Å². The molecule has 2 nitrogen and oxygen atoms in total. The van der Waals surface area contributed by atoms with E-state index in [1.807, 2.05) is 0 Å². The molecule has 0 bridgehead atoms. The molecule has 2 aliphatic rings. The zero-order valence-electron chi connectivity index (χ0n) is 10.3. The molecule has 0 aliphatic carbocycles. The van der Waals surface area contributed by atoms with Crippen LogP contribution in [0.1, 0.15) is 18.4 Å². The molecule has 2 fully saturated rings. The van der Waals surface area contributed by atoms with Crippen LogP contribution in [-0.4, -0.2) is 37.2 Å². The van der Waals surface area contributed by atoms with E-state index in [0.717, 1.165) is 19.1 Å². The van der Waals surface area contributed by atoms with Crippen molar-refractivity contribution in [3.8, 4) is 0 Å². The quantitative estimate of drug-likeness (QED) is 0.739. The SMILES string of the molecule is c1ccc(CC2CCN(CC3CO3)CC2)cc1. The standard InChI is InChI=1S/C15H21NO/c1-2-4-13(5-3-1)10-14-6-8-16(9-7-14)11-15-12-17-15/h1-5,14-15H,6-12H2. The maximum absolute atomic E-state index is 5.29. The predicted molar refractivity (Wildman–Crippen MR) is 69.1 cm³/mol. The van der Waals surface area contributed by atoms with E-state index in [9.17, 15) is 0 Å². The third-order valence-corrected chi connectivity index (χ3v) is 3.94. The number of ether oxygens (including phenoxy) is 1. The summed E-state index contributed by atoms with van der Waals surface area (Å²) >= 11 is 0. The summed E-state index contributed by atoms with van der Waals surface area (Å²) in [7, 11) is 0. The van der Waals surface area contributed by atoms with Gasteiger partial charge in [-0.1, -0.05) is 30.3 Å². The normalized spacial score (nSPS) is 26.0. The van der Waals surface area contributed by atoms with Gasteiger partial charge in [-0.3, -0.25) is 0 Å². The summed E-state index contributed by atoms with van der Waals surface area (Å²) in [4.78, 5) is 2.57. The zero-order chi connectivity index (χ0) is 11.5. The molecule has 2 aliphatic heterocycles. The predicted octanol–water partition coefficient (Wildman–Crippen LogP) is 2.34. The van der Waals surface area contributed by atoms with E-state index < -0.39 is 0 Å². The van der Waals surface area contributed by atoms with Crippen LogP contribution in [0.15, 0.2) is 30.3 Å². The first-order valence-corrected chi connectivity index (χ1v) is 6.78. The summed E-state index contributed by atoms with van der Waals surface area (Å²) in [6.45, 7) is 4.68. The third kappa shape index (κ3) is 3.30. The Bertz CT molecular complexity index is 339. The van der Waals surface area contributed by atoms with Crippen molar-refractivity contribution >= 4 is 0 Å². The topological polar surface area (TPSA) is 15.8 Å². The van der Waals surface area contributed by atoms with Gasteiger partial charge in [0, 0.05) is 6.54 Å². The van der Waals surface area contributed by atoms with Gasteiger partial charge >= 0.3 is 0 Å². The number of piperidine rings is 1. The van der Waals surface area contributed by atoms with Crippen LogP contribution in [0, 0.1) is 5.92 Å². The molecule has 1 aromatic carbocycles. The first-order valence-electron chi connectivity index (χ1n) is 6.78. The monoisotopic (exact) mass is 231 g/mol. The molecule has 1 aromatic rings. The second kappa shape index (κ2) is 5.19. The summed E-state index contributed by atoms with van der Waals surface area (Å²) < 4.78 is 5.29. The Morgan fingerprint density at radius 1 is 1.12 bits per heavy atom. The summed E-state index contributed by atoms with van der Waals surface area (Å²) in [5, 5.41) is 0. The van der Waals surface area contributed by atoms with Crippen molar-refractivity contribution < 1.29 is 4.74 Å². The smallest absolute Gasteiger partial charge is 0.0936 e. The fourth-order valence-electron chi connectivity index (χ4n) is 2.78. The lowest BCUT2D eigenvalue weighted by atomic mass is 9.90. The second-order valence-corrected chi connectivity index (χ2v) is 5.39. The van der Waals surface area contributed by atoms with E-state index in [4.69, 9.17) is 4.74 Å². The summed E-state index contributed by atoms with van der Waals surface area (Å²) in [6, 6.07) is 10.9. The highest BCUT2D eigenvalue weighted by Crippen LogP contribution is 2.23. The highest BCUT2D eigenvalue weighted by Gasteiger charge is 2.27. The molecular weight excluding hydrogens is 210 g/mol. The Kier molecular flexibility index (Phi) is 3.44. The molecule has 3 rings (SSSR count). The van der Waals surface area contributed by atoms with Crippen molar-refractivity contribution in [2.45, 2.75) is 25.4 Å². The van der Waals surface area contributed by atoms with Gasteiger partial charge in [-0.05, 0) is 43.8 Å². The molecule has 0 aromatic heterocycles. The van der Waals surface area contributed by atoms with E-state index in [-0.39, 0.29) is 0 Å². The Morgan fingerprint density at radius 2 is 1.82 bits per heavy atom. The van der Waals surface area contributed by atoms with Crippen molar-refractivity contribution in [1.82, 2.24) is 4.90 Å². The lowest BCUT2D eigenvalue weighted by molar-refractivity contribution is 0.170. The number of epoxide rings is 1. The van der Waals surface area contributed by atoms with Gasteiger partial charge in [0.05, 0.1) is 12.7 Å². The fraction of sp³-hybridized carbons (Fsp3) is 0.600. The first kappa shape index (κ1) is 11.2. The van der Waals surface area contributed by atoms with Gasteiger partial charge in [-0.2, -0.15) is 0 Å². The third-order valence-electron chi connectivity index (χ3n) is 3.94. The molecule has 2 heteroatoms. The molecule has 2 heterocycles. The van der Waals surface area contributed by atoms with E-state index in [1.165, 1.54) is 37.9 Å². The van der Waals surface area contributed by atoms with Crippen LogP contribution in [0.3, 0.4) is 0 Å². The number of benzene rings is 1. The van der Waals surface area contributed by atoms with Crippen molar-refractivity contribution in [2.24, 2.45) is 5.92 Å². The van der Waals surface area contributed by atoms with Gasteiger partial charge in [-0.25, -0.2) is 0 Å². The molecule has 92 valence electrons. The Balaban J connectivity index is 1.44. The summed E-state index contributed by atoms with van der Waals surface area (Å²) in [5.74, 6) is 0.883. The van der Waals surface area contributed by atoms with Gasteiger partial charge in [0.2, 0.25) is 0 Å². The summed E-state index contributed by atoms with van der Waals surface area (Å²) in [5.41, 5.74) is 1.50. The highest BCUT2D eigenvalue weighted by molar-refractivity contribution is 5.15. The fourth-order valence-corrected chi connectivity index (χ4v) is 2.78. The van der Waals surface area contributed by atoms with Gasteiger partial charge in [-0.15, -0.1) is 0 Å². The van der Waals surface area contributed by atoms with Crippen LogP contribution in [0.25, 0.3) is 0 Å². The largest absolute Gasteiger partial charge is 0.372 e. The van der Waals surface area contributed by atoms with Crippen LogP contribution in [-0.2, 0) is 11.2 Å². The second-order valence-electron chi connectivity index (χ2n) is 5.39. The average molecular weight is 231 g/mol. The molecule has 1 atom stereocenters. The van der Waals surface area contributed by atoms with E-state index in [2.05, 4.69) is 35.2 Å². The van der Waals surface area contributed by atoms with Gasteiger partial charge in [0.25, 0.3) is 0 Å². The molecule has 0 spiro atoms. The number of hydrogen-bond acceptors (Lipinski definition) is 2. The molecule has 0 N–H and O–H groups in total. The minimum absolute atomic E-state index is 0.556. The van der Waals surface area contributed by atoms with Crippen LogP contribution in [0.5, 0.6) is 0 Å². The number of likely N-dealkylation sites (tertiary alicyclic amines) is 1. The Labute approximate surface area is 104 Å². The number of hydrogen-bond donors (Lipinski definition) is 0. The van der Waals surface area contributed by atoms with Crippen LogP contribution in [0.2, 0.25) is 0 Å².